The van der Waals surface area contributed by atoms with Crippen molar-refractivity contribution >= 4 is 64.2 Å². The molecule has 0 radical (unpaired) electrons. The molecular formula is C24H30N6O8S2. The number of alkyl carbamates (subject to hydrolysis) is 1. The van der Waals surface area contributed by atoms with Gasteiger partial charge in [0.15, 0.2) is 10.8 Å². The minimum absolute atomic E-state index is 0.0313. The second-order valence-corrected chi connectivity index (χ2v) is 11.5. The summed E-state index contributed by atoms with van der Waals surface area (Å²) in [6, 6.07) is -1.02. The highest BCUT2D eigenvalue weighted by Crippen LogP contribution is 2.40. The maximum Gasteiger partial charge on any atom is 0.407 e. The molecule has 1 fully saturated rings. The number of ether oxygens (including phenoxy) is 1. The molecule has 216 valence electrons. The van der Waals surface area contributed by atoms with E-state index < -0.39 is 47.0 Å². The van der Waals surface area contributed by atoms with Gasteiger partial charge in [0, 0.05) is 11.1 Å². The molecule has 4 N–H and O–H groups in total. The number of oxime groups is 1. The van der Waals surface area contributed by atoms with E-state index in [1.165, 1.54) is 23.2 Å². The molecule has 2 aliphatic heterocycles. The van der Waals surface area contributed by atoms with Gasteiger partial charge in [-0.2, -0.15) is 0 Å². The van der Waals surface area contributed by atoms with E-state index in [1.54, 1.807) is 27.7 Å². The largest absolute Gasteiger partial charge is 0.477 e. The first kappa shape index (κ1) is 30.6. The van der Waals surface area contributed by atoms with Crippen LogP contribution in [0.15, 0.2) is 34.5 Å². The van der Waals surface area contributed by atoms with Crippen molar-refractivity contribution < 1.29 is 38.7 Å². The first-order chi connectivity index (χ1) is 18.9. The third kappa shape index (κ3) is 7.18. The van der Waals surface area contributed by atoms with Crippen molar-refractivity contribution in [3.8, 4) is 0 Å². The lowest BCUT2D eigenvalue weighted by Crippen LogP contribution is -2.71. The Morgan fingerprint density at radius 3 is 2.70 bits per heavy atom. The Bertz CT molecular complexity index is 1250. The van der Waals surface area contributed by atoms with Gasteiger partial charge < -0.3 is 30.6 Å². The first-order valence-corrected chi connectivity index (χ1v) is 14.0. The van der Waals surface area contributed by atoms with E-state index in [0.717, 1.165) is 16.2 Å². The normalized spacial score (nSPS) is 19.6. The number of nitrogens with zero attached hydrogens (tertiary/aromatic N) is 3. The molecule has 3 heterocycles. The number of thiazole rings is 1. The second kappa shape index (κ2) is 13.0. The number of aliphatic carboxylic acids is 1. The van der Waals surface area contributed by atoms with E-state index in [4.69, 9.17) is 9.57 Å². The summed E-state index contributed by atoms with van der Waals surface area (Å²) in [6.45, 7) is 10.6. The number of hydrogen-bond donors (Lipinski definition) is 4. The van der Waals surface area contributed by atoms with Gasteiger partial charge in [0.25, 0.3) is 11.8 Å². The summed E-state index contributed by atoms with van der Waals surface area (Å²) in [4.78, 5) is 71.7. The smallest absolute Gasteiger partial charge is 0.407 e. The number of anilines is 1. The van der Waals surface area contributed by atoms with Crippen molar-refractivity contribution in [2.24, 2.45) is 5.16 Å². The number of nitrogens with one attached hydrogen (secondary N) is 3. The zero-order valence-electron chi connectivity index (χ0n) is 22.3. The lowest BCUT2D eigenvalue weighted by molar-refractivity contribution is -0.150. The molecule has 0 bridgehead atoms. The van der Waals surface area contributed by atoms with Crippen LogP contribution in [0.3, 0.4) is 0 Å². The summed E-state index contributed by atoms with van der Waals surface area (Å²) in [7, 11) is 0. The number of rotatable bonds is 12. The summed E-state index contributed by atoms with van der Waals surface area (Å²) in [5.74, 6) is -2.37. The van der Waals surface area contributed by atoms with Crippen LogP contribution >= 0.6 is 23.1 Å². The van der Waals surface area contributed by atoms with Gasteiger partial charge in [0.1, 0.15) is 34.5 Å². The molecule has 0 spiro atoms. The molecule has 4 amide bonds. The monoisotopic (exact) mass is 594 g/mol. The molecule has 1 saturated heterocycles. The summed E-state index contributed by atoms with van der Waals surface area (Å²) >= 11 is 2.33. The number of amides is 4. The zero-order chi connectivity index (χ0) is 29.6. The van der Waals surface area contributed by atoms with Gasteiger partial charge in [-0.1, -0.05) is 24.7 Å². The number of aromatic nitrogens is 1. The molecule has 3 rings (SSSR count). The fraction of sp³-hybridized carbons (Fsp3) is 0.458. The number of hydrogen-bond acceptors (Lipinski definition) is 11. The quantitative estimate of drug-likeness (QED) is 0.120. The first-order valence-electron chi connectivity index (χ1n) is 12.1. The third-order valence-electron chi connectivity index (χ3n) is 5.50. The summed E-state index contributed by atoms with van der Waals surface area (Å²) in [6.07, 6.45) is 0.944. The molecular weight excluding hydrogens is 564 g/mol. The summed E-state index contributed by atoms with van der Waals surface area (Å²) in [5, 5.41) is 22.2. The minimum Gasteiger partial charge on any atom is -0.477 e. The molecule has 3 atom stereocenters. The van der Waals surface area contributed by atoms with Gasteiger partial charge in [0.05, 0.1) is 6.54 Å². The van der Waals surface area contributed by atoms with Crippen molar-refractivity contribution in [2.45, 2.75) is 57.2 Å². The molecule has 40 heavy (non-hydrogen) atoms. The van der Waals surface area contributed by atoms with Crippen LogP contribution in [0.25, 0.3) is 0 Å². The van der Waals surface area contributed by atoms with Crippen molar-refractivity contribution in [3.63, 3.8) is 0 Å². The molecule has 0 saturated carbocycles. The zero-order valence-corrected chi connectivity index (χ0v) is 23.9. The minimum atomic E-state index is -1.27. The number of allylic oxidation sites excluding steroid dienone is 1. The van der Waals surface area contributed by atoms with Crippen LogP contribution in [-0.2, 0) is 28.8 Å². The Kier molecular flexibility index (Phi) is 9.92. The van der Waals surface area contributed by atoms with E-state index in [9.17, 15) is 29.1 Å². The van der Waals surface area contributed by atoms with E-state index >= 15 is 0 Å². The third-order valence-corrected chi connectivity index (χ3v) is 7.57. The SMILES string of the molecule is C=CC1=C(C(=O)O)N2C(=O)C(NC(=O)C(=NOC(CC)CNC(=O)OC(C)(C)C)c3csc(NC=O)n3)[C@@H]2SC1. The number of fused-ring (bicyclic) bond motifs is 1. The molecule has 2 unspecified atom stereocenters. The topological polar surface area (TPSA) is 189 Å². The van der Waals surface area contributed by atoms with Crippen LogP contribution < -0.4 is 16.0 Å². The highest BCUT2D eigenvalue weighted by molar-refractivity contribution is 8.00. The number of carboxylic acid groups (broad SMARTS) is 1. The van der Waals surface area contributed by atoms with Crippen molar-refractivity contribution in [1.29, 1.82) is 0 Å². The predicted octanol–water partition coefficient (Wildman–Crippen LogP) is 1.66. The fourth-order valence-electron chi connectivity index (χ4n) is 3.61. The maximum atomic E-state index is 13.3. The van der Waals surface area contributed by atoms with Crippen LogP contribution in [0, 0.1) is 0 Å². The number of carbonyl (C=O) groups excluding carboxylic acids is 4. The average molecular weight is 595 g/mol. The Balaban J connectivity index is 1.78. The standard InChI is InChI=1S/C24H30N6O8S2/c1-6-12-9-39-20-16(19(33)30(20)17(12)21(34)35)28-18(32)15(14-10-40-22(27-14)26-11-31)29-38-13(7-2)8-25-23(36)37-24(3,4)5/h6,10-11,13,16,20H,1,7-9H2,2-5H3,(H,25,36)(H,28,32)(H,34,35)(H,26,27,31)/t13?,16?,20-/m0/s1. The van der Waals surface area contributed by atoms with Crippen LogP contribution in [0.1, 0.15) is 39.8 Å². The fourth-order valence-corrected chi connectivity index (χ4v) is 5.60. The van der Waals surface area contributed by atoms with Gasteiger partial charge in [-0.05, 0) is 32.8 Å². The Hall–Kier alpha value is -3.92. The molecule has 1 aromatic rings. The molecule has 14 nitrogen and oxygen atoms in total. The second-order valence-electron chi connectivity index (χ2n) is 9.50. The van der Waals surface area contributed by atoms with E-state index in [0.29, 0.717) is 24.2 Å². The van der Waals surface area contributed by atoms with Crippen molar-refractivity contribution in [2.75, 3.05) is 17.6 Å². The van der Waals surface area contributed by atoms with Gasteiger partial charge >= 0.3 is 12.1 Å². The number of β-lactam (4-membered cyclic amide) rings is 1. The summed E-state index contributed by atoms with van der Waals surface area (Å²) < 4.78 is 5.21. The number of thioether (sulfide) groups is 1. The Morgan fingerprint density at radius 2 is 2.10 bits per heavy atom. The maximum absolute atomic E-state index is 13.3. The predicted molar refractivity (Wildman–Crippen MR) is 148 cm³/mol. The number of carboxylic acids is 1. The highest BCUT2D eigenvalue weighted by Gasteiger charge is 2.54. The van der Waals surface area contributed by atoms with E-state index in [2.05, 4.69) is 32.7 Å². The molecule has 1 aromatic heterocycles. The van der Waals surface area contributed by atoms with E-state index in [-0.39, 0.29) is 28.8 Å². The van der Waals surface area contributed by atoms with Gasteiger partial charge in [-0.25, -0.2) is 14.6 Å². The molecule has 2 aliphatic rings. The Labute approximate surface area is 238 Å². The van der Waals surface area contributed by atoms with Gasteiger partial charge in [-0.3, -0.25) is 19.3 Å². The van der Waals surface area contributed by atoms with Gasteiger partial charge in [-0.15, -0.1) is 23.1 Å². The lowest BCUT2D eigenvalue weighted by atomic mass is 10.0. The van der Waals surface area contributed by atoms with Crippen LogP contribution in [-0.4, -0.2) is 86.4 Å². The summed E-state index contributed by atoms with van der Waals surface area (Å²) in [5.41, 5.74) is -0.655. The molecule has 0 aliphatic carbocycles. The molecule has 0 aromatic carbocycles. The van der Waals surface area contributed by atoms with Crippen LogP contribution in [0.5, 0.6) is 0 Å². The number of carbonyl (C=O) groups is 5. The Morgan fingerprint density at radius 1 is 1.38 bits per heavy atom. The van der Waals surface area contributed by atoms with E-state index in [1.807, 2.05) is 0 Å². The van der Waals surface area contributed by atoms with Crippen LogP contribution in [0.4, 0.5) is 9.93 Å². The van der Waals surface area contributed by atoms with Crippen LogP contribution in [0.2, 0.25) is 0 Å². The average Bonchev–Trinajstić information content (AvgIpc) is 3.35. The van der Waals surface area contributed by atoms with Crippen molar-refractivity contribution in [3.05, 3.63) is 35.0 Å². The van der Waals surface area contributed by atoms with Crippen molar-refractivity contribution in [1.82, 2.24) is 20.5 Å². The highest BCUT2D eigenvalue weighted by atomic mass is 32.2. The lowest BCUT2D eigenvalue weighted by Gasteiger charge is -2.49. The molecule has 16 heteroatoms. The van der Waals surface area contributed by atoms with Gasteiger partial charge in [0.2, 0.25) is 6.41 Å².